The Hall–Kier alpha value is -3.63. The standard InChI is InChI=1S/C26H20ClNO3/c27-21-14-12-20(13-15-21)24-23(22(29)16-11-18-7-3-1-4-8-18)25(30)26(31)28(24)17-19-9-5-2-6-10-19/h1-16,24,30H,17H2. The highest BCUT2D eigenvalue weighted by Gasteiger charge is 2.42. The number of rotatable bonds is 6. The second-order valence-electron chi connectivity index (χ2n) is 7.24. The van der Waals surface area contributed by atoms with Crippen LogP contribution in [-0.4, -0.2) is 21.7 Å². The molecule has 0 spiro atoms. The summed E-state index contributed by atoms with van der Waals surface area (Å²) in [6.07, 6.45) is 3.06. The molecule has 31 heavy (non-hydrogen) atoms. The maximum atomic E-state index is 13.1. The van der Waals surface area contributed by atoms with Crippen molar-refractivity contribution in [1.29, 1.82) is 0 Å². The molecule has 0 bridgehead atoms. The predicted molar refractivity (Wildman–Crippen MR) is 121 cm³/mol. The van der Waals surface area contributed by atoms with Crippen molar-refractivity contribution in [1.82, 2.24) is 4.90 Å². The smallest absolute Gasteiger partial charge is 0.290 e. The topological polar surface area (TPSA) is 57.6 Å². The lowest BCUT2D eigenvalue weighted by atomic mass is 9.95. The van der Waals surface area contributed by atoms with Crippen molar-refractivity contribution in [3.63, 3.8) is 0 Å². The Morgan fingerprint density at radius 3 is 2.19 bits per heavy atom. The first-order valence-electron chi connectivity index (χ1n) is 9.85. The minimum atomic E-state index is -0.710. The minimum absolute atomic E-state index is 0.0652. The monoisotopic (exact) mass is 429 g/mol. The van der Waals surface area contributed by atoms with Crippen molar-refractivity contribution in [2.24, 2.45) is 0 Å². The summed E-state index contributed by atoms with van der Waals surface area (Å²) in [7, 11) is 0. The van der Waals surface area contributed by atoms with Gasteiger partial charge in [-0.15, -0.1) is 0 Å². The predicted octanol–water partition coefficient (Wildman–Crippen LogP) is 5.52. The second kappa shape index (κ2) is 9.02. The first kappa shape index (κ1) is 20.6. The van der Waals surface area contributed by atoms with Crippen LogP contribution in [0.4, 0.5) is 0 Å². The first-order valence-corrected chi connectivity index (χ1v) is 10.2. The van der Waals surface area contributed by atoms with E-state index in [1.54, 1.807) is 30.3 Å². The highest BCUT2D eigenvalue weighted by atomic mass is 35.5. The molecule has 1 N–H and O–H groups in total. The number of amides is 1. The van der Waals surface area contributed by atoms with E-state index < -0.39 is 23.5 Å². The SMILES string of the molecule is O=C(C=Cc1ccccc1)C1=C(O)C(=O)N(Cc2ccccc2)C1c1ccc(Cl)cc1. The normalized spacial score (nSPS) is 16.4. The minimum Gasteiger partial charge on any atom is -0.503 e. The summed E-state index contributed by atoms with van der Waals surface area (Å²) in [5.74, 6) is -1.50. The van der Waals surface area contributed by atoms with Gasteiger partial charge in [0.1, 0.15) is 0 Å². The Balaban J connectivity index is 1.72. The fraction of sp³-hybridized carbons (Fsp3) is 0.0769. The van der Waals surface area contributed by atoms with Crippen molar-refractivity contribution >= 4 is 29.4 Å². The largest absolute Gasteiger partial charge is 0.503 e. The third-order valence-corrected chi connectivity index (χ3v) is 5.43. The van der Waals surface area contributed by atoms with Crippen molar-refractivity contribution in [3.8, 4) is 0 Å². The number of aliphatic hydroxyl groups is 1. The van der Waals surface area contributed by atoms with E-state index in [0.29, 0.717) is 10.6 Å². The van der Waals surface area contributed by atoms with Crippen LogP contribution >= 0.6 is 11.6 Å². The Morgan fingerprint density at radius 1 is 0.935 bits per heavy atom. The van der Waals surface area contributed by atoms with Crippen LogP contribution in [0.5, 0.6) is 0 Å². The van der Waals surface area contributed by atoms with Gasteiger partial charge in [0, 0.05) is 11.6 Å². The molecular formula is C26H20ClNO3. The molecule has 1 atom stereocenters. The molecule has 4 nitrogen and oxygen atoms in total. The molecule has 1 amide bonds. The Kier molecular flexibility index (Phi) is 6.01. The van der Waals surface area contributed by atoms with Gasteiger partial charge in [0.2, 0.25) is 0 Å². The number of halogens is 1. The molecule has 0 radical (unpaired) electrons. The van der Waals surface area contributed by atoms with Gasteiger partial charge >= 0.3 is 0 Å². The van der Waals surface area contributed by atoms with Crippen LogP contribution in [0.25, 0.3) is 6.08 Å². The molecule has 1 aliphatic rings. The highest BCUT2D eigenvalue weighted by molar-refractivity contribution is 6.30. The number of ketones is 1. The van der Waals surface area contributed by atoms with Gasteiger partial charge in [-0.2, -0.15) is 0 Å². The summed E-state index contributed by atoms with van der Waals surface area (Å²) in [6, 6.07) is 25.1. The Bertz CT molecular complexity index is 1150. The first-order chi connectivity index (χ1) is 15.0. The summed E-state index contributed by atoms with van der Waals surface area (Å²) in [6.45, 7) is 0.260. The van der Waals surface area contributed by atoms with E-state index in [9.17, 15) is 14.7 Å². The molecule has 1 aliphatic heterocycles. The van der Waals surface area contributed by atoms with Crippen LogP contribution < -0.4 is 0 Å². The van der Waals surface area contributed by atoms with Gasteiger partial charge < -0.3 is 10.0 Å². The third kappa shape index (κ3) is 4.44. The lowest BCUT2D eigenvalue weighted by molar-refractivity contribution is -0.130. The summed E-state index contributed by atoms with van der Waals surface area (Å²) >= 11 is 6.04. The summed E-state index contributed by atoms with van der Waals surface area (Å²) < 4.78 is 0. The molecule has 1 unspecified atom stereocenters. The third-order valence-electron chi connectivity index (χ3n) is 5.18. The molecule has 3 aromatic carbocycles. The van der Waals surface area contributed by atoms with E-state index in [1.807, 2.05) is 60.7 Å². The van der Waals surface area contributed by atoms with Crippen LogP contribution in [0.15, 0.2) is 102 Å². The number of nitrogens with zero attached hydrogens (tertiary/aromatic N) is 1. The lowest BCUT2D eigenvalue weighted by Crippen LogP contribution is -2.30. The molecule has 0 saturated carbocycles. The van der Waals surface area contributed by atoms with E-state index in [0.717, 1.165) is 11.1 Å². The molecule has 4 rings (SSSR count). The van der Waals surface area contributed by atoms with Gasteiger partial charge in [-0.05, 0) is 34.9 Å². The van der Waals surface area contributed by atoms with Gasteiger partial charge in [-0.25, -0.2) is 0 Å². The zero-order chi connectivity index (χ0) is 21.8. The fourth-order valence-electron chi connectivity index (χ4n) is 3.67. The Labute approximate surface area is 185 Å². The van der Waals surface area contributed by atoms with Crippen LogP contribution in [0, 0.1) is 0 Å². The molecule has 154 valence electrons. The second-order valence-corrected chi connectivity index (χ2v) is 7.68. The molecule has 5 heteroatoms. The van der Waals surface area contributed by atoms with Crippen LogP contribution in [-0.2, 0) is 16.1 Å². The number of hydrogen-bond acceptors (Lipinski definition) is 3. The summed E-state index contributed by atoms with van der Waals surface area (Å²) in [4.78, 5) is 27.6. The van der Waals surface area contributed by atoms with Crippen LogP contribution in [0.2, 0.25) is 5.02 Å². The van der Waals surface area contributed by atoms with Gasteiger partial charge in [-0.1, -0.05) is 90.5 Å². The summed E-state index contributed by atoms with van der Waals surface area (Å²) in [5.41, 5.74) is 2.52. The van der Waals surface area contributed by atoms with Crippen LogP contribution in [0.3, 0.4) is 0 Å². The maximum Gasteiger partial charge on any atom is 0.290 e. The highest BCUT2D eigenvalue weighted by Crippen LogP contribution is 2.39. The molecule has 0 aromatic heterocycles. The van der Waals surface area contributed by atoms with E-state index in [1.165, 1.54) is 11.0 Å². The van der Waals surface area contributed by atoms with Crippen molar-refractivity contribution in [3.05, 3.63) is 124 Å². The zero-order valence-corrected chi connectivity index (χ0v) is 17.4. The molecular weight excluding hydrogens is 410 g/mol. The van der Waals surface area contributed by atoms with Gasteiger partial charge in [-0.3, -0.25) is 9.59 Å². The molecule has 0 aliphatic carbocycles. The number of aliphatic hydroxyl groups excluding tert-OH is 1. The van der Waals surface area contributed by atoms with E-state index in [-0.39, 0.29) is 12.1 Å². The number of carbonyl (C=O) groups is 2. The average molecular weight is 430 g/mol. The van der Waals surface area contributed by atoms with Crippen molar-refractivity contribution in [2.45, 2.75) is 12.6 Å². The average Bonchev–Trinajstić information content (AvgIpc) is 3.04. The number of benzene rings is 3. The molecule has 3 aromatic rings. The van der Waals surface area contributed by atoms with Gasteiger partial charge in [0.15, 0.2) is 11.5 Å². The molecule has 0 saturated heterocycles. The summed E-state index contributed by atoms with van der Waals surface area (Å²) in [5, 5.41) is 11.2. The van der Waals surface area contributed by atoms with Crippen molar-refractivity contribution in [2.75, 3.05) is 0 Å². The van der Waals surface area contributed by atoms with E-state index in [2.05, 4.69) is 0 Å². The maximum absolute atomic E-state index is 13.1. The van der Waals surface area contributed by atoms with E-state index >= 15 is 0 Å². The number of carbonyl (C=O) groups excluding carboxylic acids is 2. The van der Waals surface area contributed by atoms with Crippen molar-refractivity contribution < 1.29 is 14.7 Å². The van der Waals surface area contributed by atoms with E-state index in [4.69, 9.17) is 11.6 Å². The van der Waals surface area contributed by atoms with Gasteiger partial charge in [0.25, 0.3) is 5.91 Å². The molecule has 1 heterocycles. The quantitative estimate of drug-likeness (QED) is 0.525. The lowest BCUT2D eigenvalue weighted by Gasteiger charge is -2.26. The number of hydrogen-bond donors (Lipinski definition) is 1. The van der Waals surface area contributed by atoms with Crippen LogP contribution in [0.1, 0.15) is 22.7 Å². The zero-order valence-electron chi connectivity index (χ0n) is 16.6. The fourth-order valence-corrected chi connectivity index (χ4v) is 3.79. The molecule has 0 fully saturated rings. The van der Waals surface area contributed by atoms with Gasteiger partial charge in [0.05, 0.1) is 11.6 Å². The Morgan fingerprint density at radius 2 is 1.55 bits per heavy atom. The number of allylic oxidation sites excluding steroid dienone is 1.